The van der Waals surface area contributed by atoms with Crippen molar-refractivity contribution in [1.29, 1.82) is 0 Å². The summed E-state index contributed by atoms with van der Waals surface area (Å²) in [6, 6.07) is 0.183. The third-order valence-electron chi connectivity index (χ3n) is 3.38. The topological polar surface area (TPSA) is 58.5 Å². The number of isocyanates is 1. The number of nitrogens with one attached hydrogen (secondary N) is 1. The molecule has 96 valence electrons. The van der Waals surface area contributed by atoms with Crippen LogP contribution in [0.2, 0.25) is 0 Å². The van der Waals surface area contributed by atoms with Crippen LogP contribution in [0.15, 0.2) is 4.99 Å². The molecule has 0 heterocycles. The summed E-state index contributed by atoms with van der Waals surface area (Å²) in [6.45, 7) is 8.57. The Bertz CT molecular complexity index is 345. The monoisotopic (exact) mass is 238 g/mol. The number of amides is 1. The largest absolute Gasteiger partial charge is 0.354 e. The van der Waals surface area contributed by atoms with Gasteiger partial charge in [0.2, 0.25) is 12.0 Å². The molecule has 0 radical (unpaired) electrons. The molecule has 0 saturated heterocycles. The summed E-state index contributed by atoms with van der Waals surface area (Å²) in [5, 5.41) is 2.99. The number of nitrogens with zero attached hydrogens (tertiary/aromatic N) is 1. The summed E-state index contributed by atoms with van der Waals surface area (Å²) in [7, 11) is 0. The molecule has 2 unspecified atom stereocenters. The SMILES string of the molecule is CC(=O)NC1CC(C)(C)CC(C)(CN=C=O)C1. The van der Waals surface area contributed by atoms with Crippen molar-refractivity contribution in [2.75, 3.05) is 6.54 Å². The third-order valence-corrected chi connectivity index (χ3v) is 3.38. The first-order chi connectivity index (χ1) is 7.76. The quantitative estimate of drug-likeness (QED) is 0.604. The number of rotatable bonds is 3. The van der Waals surface area contributed by atoms with Gasteiger partial charge in [-0.3, -0.25) is 4.79 Å². The molecule has 0 bridgehead atoms. The lowest BCUT2D eigenvalue weighted by Gasteiger charge is -2.46. The van der Waals surface area contributed by atoms with Gasteiger partial charge in [0.25, 0.3) is 0 Å². The number of aliphatic imine (C=N–C) groups is 1. The number of carbonyl (C=O) groups is 1. The van der Waals surface area contributed by atoms with Gasteiger partial charge in [-0.05, 0) is 30.1 Å². The molecule has 2 atom stereocenters. The maximum atomic E-state index is 11.2. The van der Waals surface area contributed by atoms with Crippen LogP contribution in [0, 0.1) is 10.8 Å². The molecule has 1 rings (SSSR count). The number of hydrogen-bond acceptors (Lipinski definition) is 3. The zero-order chi connectivity index (χ0) is 13.1. The van der Waals surface area contributed by atoms with Crippen LogP contribution in [0.3, 0.4) is 0 Å². The minimum Gasteiger partial charge on any atom is -0.354 e. The summed E-state index contributed by atoms with van der Waals surface area (Å²) in [6.07, 6.45) is 4.48. The fourth-order valence-electron chi connectivity index (χ4n) is 3.37. The van der Waals surface area contributed by atoms with Crippen LogP contribution in [-0.2, 0) is 9.59 Å². The lowest BCUT2D eigenvalue weighted by atomic mass is 9.62. The number of carbonyl (C=O) groups excluding carboxylic acids is 2. The molecule has 1 N–H and O–H groups in total. The molecule has 1 aliphatic carbocycles. The average Bonchev–Trinajstić information content (AvgIpc) is 2.10. The van der Waals surface area contributed by atoms with Gasteiger partial charge in [0.15, 0.2) is 0 Å². The van der Waals surface area contributed by atoms with Gasteiger partial charge in [0, 0.05) is 13.0 Å². The van der Waals surface area contributed by atoms with Crippen LogP contribution in [0.4, 0.5) is 0 Å². The van der Waals surface area contributed by atoms with E-state index in [0.717, 1.165) is 19.3 Å². The molecule has 0 aromatic heterocycles. The van der Waals surface area contributed by atoms with Crippen molar-refractivity contribution in [3.63, 3.8) is 0 Å². The van der Waals surface area contributed by atoms with Crippen molar-refractivity contribution in [2.24, 2.45) is 15.8 Å². The Morgan fingerprint density at radius 3 is 2.59 bits per heavy atom. The van der Waals surface area contributed by atoms with Crippen LogP contribution >= 0.6 is 0 Å². The highest BCUT2D eigenvalue weighted by Crippen LogP contribution is 2.46. The zero-order valence-electron chi connectivity index (χ0n) is 11.2. The van der Waals surface area contributed by atoms with Gasteiger partial charge >= 0.3 is 0 Å². The molecule has 0 aromatic carbocycles. The van der Waals surface area contributed by atoms with Crippen LogP contribution < -0.4 is 5.32 Å². The highest BCUT2D eigenvalue weighted by Gasteiger charge is 2.41. The highest BCUT2D eigenvalue weighted by molar-refractivity contribution is 5.73. The van der Waals surface area contributed by atoms with Crippen molar-refractivity contribution in [1.82, 2.24) is 5.32 Å². The second-order valence-electron chi connectivity index (χ2n) is 6.36. The van der Waals surface area contributed by atoms with Crippen molar-refractivity contribution in [3.8, 4) is 0 Å². The minimum atomic E-state index is -0.0216. The molecule has 4 nitrogen and oxygen atoms in total. The second-order valence-corrected chi connectivity index (χ2v) is 6.36. The molecule has 0 spiro atoms. The lowest BCUT2D eigenvalue weighted by Crippen LogP contribution is -2.47. The van der Waals surface area contributed by atoms with Gasteiger partial charge in [-0.25, -0.2) is 9.79 Å². The molecule has 17 heavy (non-hydrogen) atoms. The summed E-state index contributed by atoms with van der Waals surface area (Å²) < 4.78 is 0. The van der Waals surface area contributed by atoms with Crippen LogP contribution in [0.1, 0.15) is 47.0 Å². The predicted octanol–water partition coefficient (Wildman–Crippen LogP) is 2.04. The van der Waals surface area contributed by atoms with Crippen molar-refractivity contribution in [2.45, 2.75) is 53.0 Å². The first-order valence-corrected chi connectivity index (χ1v) is 6.07. The van der Waals surface area contributed by atoms with Gasteiger partial charge in [0.1, 0.15) is 0 Å². The molecule has 1 aliphatic rings. The maximum absolute atomic E-state index is 11.2. The molecule has 0 aromatic rings. The first kappa shape index (κ1) is 13.9. The van der Waals surface area contributed by atoms with Crippen molar-refractivity contribution < 1.29 is 9.59 Å². The van der Waals surface area contributed by atoms with E-state index in [4.69, 9.17) is 0 Å². The molecule has 4 heteroatoms. The van der Waals surface area contributed by atoms with Crippen molar-refractivity contribution >= 4 is 12.0 Å². The molecule has 0 aliphatic heterocycles. The summed E-state index contributed by atoms with van der Waals surface area (Å²) in [5.41, 5.74) is 0.144. The summed E-state index contributed by atoms with van der Waals surface area (Å²) >= 11 is 0. The van der Waals surface area contributed by atoms with E-state index in [1.807, 2.05) is 0 Å². The Morgan fingerprint density at radius 2 is 2.06 bits per heavy atom. The second kappa shape index (κ2) is 5.01. The Hall–Kier alpha value is -1.15. The fraction of sp³-hybridized carbons (Fsp3) is 0.846. The molecular weight excluding hydrogens is 216 g/mol. The van der Waals surface area contributed by atoms with Crippen molar-refractivity contribution in [3.05, 3.63) is 0 Å². The van der Waals surface area contributed by atoms with E-state index in [0.29, 0.717) is 6.54 Å². The normalized spacial score (nSPS) is 31.4. The lowest BCUT2D eigenvalue weighted by molar-refractivity contribution is -0.120. The van der Waals surface area contributed by atoms with Crippen LogP contribution in [-0.4, -0.2) is 24.6 Å². The van der Waals surface area contributed by atoms with E-state index in [1.54, 1.807) is 13.0 Å². The Labute approximate surface area is 103 Å². The van der Waals surface area contributed by atoms with E-state index < -0.39 is 0 Å². The predicted molar refractivity (Wildman–Crippen MR) is 66.3 cm³/mol. The first-order valence-electron chi connectivity index (χ1n) is 6.07. The highest BCUT2D eigenvalue weighted by atomic mass is 16.1. The van der Waals surface area contributed by atoms with Gasteiger partial charge in [-0.1, -0.05) is 20.8 Å². The Morgan fingerprint density at radius 1 is 1.41 bits per heavy atom. The van der Waals surface area contributed by atoms with Gasteiger partial charge in [-0.2, -0.15) is 0 Å². The average molecular weight is 238 g/mol. The van der Waals surface area contributed by atoms with Gasteiger partial charge < -0.3 is 5.32 Å². The molecular formula is C13H22N2O2. The zero-order valence-corrected chi connectivity index (χ0v) is 11.2. The standard InChI is InChI=1S/C13H22N2O2/c1-10(17)15-11-5-12(2,3)7-13(4,6-11)8-14-9-16/h11H,5-8H2,1-4H3,(H,15,17). The van der Waals surface area contributed by atoms with Gasteiger partial charge in [0.05, 0.1) is 6.54 Å². The van der Waals surface area contributed by atoms with E-state index in [2.05, 4.69) is 31.1 Å². The van der Waals surface area contributed by atoms with E-state index in [9.17, 15) is 9.59 Å². The van der Waals surface area contributed by atoms with E-state index in [-0.39, 0.29) is 22.8 Å². The van der Waals surface area contributed by atoms with Crippen LogP contribution in [0.25, 0.3) is 0 Å². The summed E-state index contributed by atoms with van der Waals surface area (Å²) in [5.74, 6) is 0.00828. The molecule has 1 amide bonds. The fourth-order valence-corrected chi connectivity index (χ4v) is 3.37. The number of hydrogen-bond donors (Lipinski definition) is 1. The molecule has 1 fully saturated rings. The smallest absolute Gasteiger partial charge is 0.234 e. The maximum Gasteiger partial charge on any atom is 0.234 e. The molecule has 1 saturated carbocycles. The Balaban J connectivity index is 2.79. The third kappa shape index (κ3) is 4.31. The minimum absolute atomic E-state index is 0.00828. The van der Waals surface area contributed by atoms with Crippen LogP contribution in [0.5, 0.6) is 0 Å². The van der Waals surface area contributed by atoms with E-state index in [1.165, 1.54) is 0 Å². The summed E-state index contributed by atoms with van der Waals surface area (Å²) in [4.78, 5) is 25.1. The Kier molecular flexibility index (Phi) is 4.10. The van der Waals surface area contributed by atoms with E-state index >= 15 is 0 Å². The van der Waals surface area contributed by atoms with Gasteiger partial charge in [-0.15, -0.1) is 0 Å².